The Morgan fingerprint density at radius 2 is 1.84 bits per heavy atom. The van der Waals surface area contributed by atoms with Crippen LogP contribution in [0.1, 0.15) is 24.0 Å². The first-order chi connectivity index (χ1) is 15.2. The molecule has 0 spiro atoms. The molecule has 3 aromatic rings. The van der Waals surface area contributed by atoms with Crippen molar-refractivity contribution in [2.24, 2.45) is 10.2 Å². The fraction of sp³-hybridized carbons (Fsp3) is 0.350. The zero-order valence-electron chi connectivity index (χ0n) is 16.7. The van der Waals surface area contributed by atoms with Crippen molar-refractivity contribution in [2.75, 3.05) is 22.7 Å². The molecular formula is C20H18F3N5O2S2. The van der Waals surface area contributed by atoms with Crippen molar-refractivity contribution in [3.05, 3.63) is 41.5 Å². The maximum atomic E-state index is 13.2. The number of aromatic nitrogens is 1. The van der Waals surface area contributed by atoms with E-state index in [1.54, 1.807) is 10.8 Å². The molecule has 0 amide bonds. The van der Waals surface area contributed by atoms with Gasteiger partial charge in [0.2, 0.25) is 5.13 Å². The molecule has 0 bridgehead atoms. The van der Waals surface area contributed by atoms with Gasteiger partial charge in [-0.05, 0) is 49.4 Å². The number of sulfonamides is 1. The first-order valence-corrected chi connectivity index (χ1v) is 12.3. The van der Waals surface area contributed by atoms with Gasteiger partial charge in [-0.2, -0.15) is 21.6 Å². The Balaban J connectivity index is 1.63. The molecule has 0 aliphatic carbocycles. The lowest BCUT2D eigenvalue weighted by molar-refractivity contribution is -0.0429. The van der Waals surface area contributed by atoms with Crippen molar-refractivity contribution in [3.63, 3.8) is 0 Å². The van der Waals surface area contributed by atoms with Crippen LogP contribution in [0.4, 0.5) is 35.4 Å². The molecule has 32 heavy (non-hydrogen) atoms. The van der Waals surface area contributed by atoms with Gasteiger partial charge in [0.05, 0.1) is 15.9 Å². The number of halogens is 3. The molecule has 12 heteroatoms. The van der Waals surface area contributed by atoms with Crippen molar-refractivity contribution >= 4 is 53.8 Å². The number of rotatable bonds is 4. The van der Waals surface area contributed by atoms with E-state index in [4.69, 9.17) is 0 Å². The van der Waals surface area contributed by atoms with Gasteiger partial charge < -0.3 is 4.90 Å². The van der Waals surface area contributed by atoms with Gasteiger partial charge in [0, 0.05) is 24.3 Å². The minimum atomic E-state index is -5.61. The average molecular weight is 482 g/mol. The van der Waals surface area contributed by atoms with Gasteiger partial charge >= 0.3 is 15.5 Å². The molecule has 5 rings (SSSR count). The molecule has 1 aromatic heterocycles. The van der Waals surface area contributed by atoms with Crippen LogP contribution < -0.4 is 9.62 Å². The van der Waals surface area contributed by atoms with Gasteiger partial charge in [-0.15, -0.1) is 10.2 Å². The summed E-state index contributed by atoms with van der Waals surface area (Å²) in [6, 6.07) is 9.05. The summed E-state index contributed by atoms with van der Waals surface area (Å²) in [4.78, 5) is 6.46. The van der Waals surface area contributed by atoms with Crippen LogP contribution in [0.15, 0.2) is 40.6 Å². The summed E-state index contributed by atoms with van der Waals surface area (Å²) in [5.74, 6) is 0. The third-order valence-electron chi connectivity index (χ3n) is 5.57. The van der Waals surface area contributed by atoms with Crippen molar-refractivity contribution < 1.29 is 21.6 Å². The topological polar surface area (TPSA) is 87.0 Å². The molecule has 168 valence electrons. The van der Waals surface area contributed by atoms with Crippen molar-refractivity contribution in [2.45, 2.75) is 31.2 Å². The maximum Gasteiger partial charge on any atom is 0.516 e. The number of fused-ring (bicyclic) bond motifs is 1. The molecule has 0 radical (unpaired) electrons. The number of anilines is 2. The number of thiazole rings is 1. The summed E-state index contributed by atoms with van der Waals surface area (Å²) in [5, 5.41) is 8.63. The number of benzene rings is 2. The second-order valence-corrected chi connectivity index (χ2v) is 10.3. The van der Waals surface area contributed by atoms with Crippen LogP contribution in [0.5, 0.6) is 0 Å². The summed E-state index contributed by atoms with van der Waals surface area (Å²) in [6.07, 6.45) is 2.83. The van der Waals surface area contributed by atoms with Crippen molar-refractivity contribution in [1.82, 2.24) is 4.98 Å². The summed E-state index contributed by atoms with van der Waals surface area (Å²) in [5.41, 5.74) is -2.49. The third-order valence-corrected chi connectivity index (χ3v) is 7.57. The number of nitrogens with zero attached hydrogens (tertiary/aromatic N) is 4. The highest BCUT2D eigenvalue weighted by Gasteiger charge is 2.47. The quantitative estimate of drug-likeness (QED) is 0.486. The van der Waals surface area contributed by atoms with Gasteiger partial charge in [-0.3, -0.25) is 4.72 Å². The van der Waals surface area contributed by atoms with E-state index in [-0.39, 0.29) is 11.4 Å². The van der Waals surface area contributed by atoms with Gasteiger partial charge in [0.15, 0.2) is 0 Å². The number of nitrogens with one attached hydrogen (secondary N) is 1. The average Bonchev–Trinajstić information content (AvgIpc) is 3.17. The number of alkyl halides is 3. The van der Waals surface area contributed by atoms with Crippen LogP contribution in [0, 0.1) is 0 Å². The van der Waals surface area contributed by atoms with Crippen LogP contribution in [0.3, 0.4) is 0 Å². The van der Waals surface area contributed by atoms with Crippen LogP contribution in [0.25, 0.3) is 10.2 Å². The normalized spacial score (nSPS) is 16.5. The fourth-order valence-electron chi connectivity index (χ4n) is 4.23. The number of hydrogen-bond donors (Lipinski definition) is 1. The highest BCUT2D eigenvalue weighted by Crippen LogP contribution is 2.46. The fourth-order valence-corrected chi connectivity index (χ4v) is 5.63. The second-order valence-electron chi connectivity index (χ2n) is 7.67. The lowest BCUT2D eigenvalue weighted by Crippen LogP contribution is -2.36. The van der Waals surface area contributed by atoms with Crippen molar-refractivity contribution in [3.8, 4) is 0 Å². The van der Waals surface area contributed by atoms with E-state index >= 15 is 0 Å². The lowest BCUT2D eigenvalue weighted by atomic mass is 9.90. The molecule has 0 saturated heterocycles. The molecule has 7 nitrogen and oxygen atoms in total. The molecule has 3 heterocycles. The Hall–Kier alpha value is -2.73. The van der Waals surface area contributed by atoms with Crippen LogP contribution in [0.2, 0.25) is 0 Å². The molecule has 2 aliphatic heterocycles. The molecule has 0 unspecified atom stereocenters. The van der Waals surface area contributed by atoms with Gasteiger partial charge in [0.25, 0.3) is 0 Å². The Labute approximate surface area is 186 Å². The van der Waals surface area contributed by atoms with E-state index in [0.717, 1.165) is 47.4 Å². The zero-order chi connectivity index (χ0) is 22.5. The van der Waals surface area contributed by atoms with E-state index < -0.39 is 15.5 Å². The van der Waals surface area contributed by atoms with E-state index in [1.807, 2.05) is 24.3 Å². The molecular weight excluding hydrogens is 463 g/mol. The van der Waals surface area contributed by atoms with Gasteiger partial charge in [-0.25, -0.2) is 4.98 Å². The lowest BCUT2D eigenvalue weighted by Gasteiger charge is -2.38. The molecule has 2 aliphatic rings. The SMILES string of the molecule is O=S(=O)(Nc1c(N=Nc2nc3ccccc3s2)cc2c3c1CCCN3CCC2)C(F)(F)F. The second kappa shape index (κ2) is 7.69. The first kappa shape index (κ1) is 21.1. The van der Waals surface area contributed by atoms with Gasteiger partial charge in [-0.1, -0.05) is 23.5 Å². The predicted molar refractivity (Wildman–Crippen MR) is 118 cm³/mol. The maximum absolute atomic E-state index is 13.2. The highest BCUT2D eigenvalue weighted by atomic mass is 32.2. The zero-order valence-corrected chi connectivity index (χ0v) is 18.3. The Bertz CT molecular complexity index is 1300. The Morgan fingerprint density at radius 3 is 2.59 bits per heavy atom. The molecule has 0 atom stereocenters. The highest BCUT2D eigenvalue weighted by molar-refractivity contribution is 7.93. The Kier molecular flexibility index (Phi) is 5.08. The van der Waals surface area contributed by atoms with Crippen LogP contribution in [-0.2, 0) is 22.9 Å². The largest absolute Gasteiger partial charge is 0.516 e. The number of hydrogen-bond acceptors (Lipinski definition) is 7. The van der Waals surface area contributed by atoms with E-state index in [9.17, 15) is 21.6 Å². The predicted octanol–water partition coefficient (Wildman–Crippen LogP) is 5.67. The number of aryl methyl sites for hydroxylation is 1. The number of para-hydroxylation sites is 1. The first-order valence-electron chi connectivity index (χ1n) is 10.0. The minimum Gasteiger partial charge on any atom is -0.371 e. The molecule has 2 aromatic carbocycles. The molecule has 0 fully saturated rings. The number of azo groups is 1. The standard InChI is InChI=1S/C20H18F3N5O2S2/c21-20(22,23)32(29,30)27-17-13-6-4-10-28-9-3-5-12(18(13)28)11-15(17)25-26-19-24-14-7-1-2-8-16(14)31-19/h1-2,7-8,11,27H,3-6,9-10H2. The molecule has 1 N–H and O–H groups in total. The van der Waals surface area contributed by atoms with E-state index in [2.05, 4.69) is 20.1 Å². The smallest absolute Gasteiger partial charge is 0.371 e. The van der Waals surface area contributed by atoms with E-state index in [1.165, 1.54) is 11.3 Å². The van der Waals surface area contributed by atoms with Crippen LogP contribution >= 0.6 is 11.3 Å². The molecule has 0 saturated carbocycles. The summed E-state index contributed by atoms with van der Waals surface area (Å²) in [6.45, 7) is 1.58. The van der Waals surface area contributed by atoms with Gasteiger partial charge in [0.1, 0.15) is 5.69 Å². The summed E-state index contributed by atoms with van der Waals surface area (Å²) < 4.78 is 66.1. The monoisotopic (exact) mass is 481 g/mol. The summed E-state index contributed by atoms with van der Waals surface area (Å²) in [7, 11) is -5.61. The summed E-state index contributed by atoms with van der Waals surface area (Å²) >= 11 is 1.29. The van der Waals surface area contributed by atoms with Crippen molar-refractivity contribution in [1.29, 1.82) is 0 Å². The third kappa shape index (κ3) is 3.71. The minimum absolute atomic E-state index is 0.0644. The Morgan fingerprint density at radius 1 is 1.09 bits per heavy atom. The van der Waals surface area contributed by atoms with Crippen LogP contribution in [-0.4, -0.2) is 32.0 Å². The van der Waals surface area contributed by atoms with E-state index in [0.29, 0.717) is 23.5 Å².